The van der Waals surface area contributed by atoms with Crippen molar-refractivity contribution in [2.24, 2.45) is 0 Å². The second-order valence-corrected chi connectivity index (χ2v) is 7.75. The summed E-state index contributed by atoms with van der Waals surface area (Å²) in [5.74, 6) is -0.582. The fourth-order valence-corrected chi connectivity index (χ4v) is 3.77. The number of carbonyl (C=O) groups is 1. The van der Waals surface area contributed by atoms with Gasteiger partial charge in [-0.2, -0.15) is 0 Å². The molecular weight excluding hydrogens is 416 g/mol. The molecule has 3 aromatic rings. The van der Waals surface area contributed by atoms with E-state index in [0.29, 0.717) is 12.1 Å². The van der Waals surface area contributed by atoms with Crippen molar-refractivity contribution >= 4 is 27.4 Å². The highest BCUT2D eigenvalue weighted by Crippen LogP contribution is 2.43. The molecule has 4 nitrogen and oxygen atoms in total. The second-order valence-electron chi connectivity index (χ2n) is 6.84. The molecule has 0 saturated heterocycles. The van der Waals surface area contributed by atoms with Crippen molar-refractivity contribution in [2.45, 2.75) is 19.5 Å². The van der Waals surface area contributed by atoms with Crippen LogP contribution in [-0.2, 0) is 11.3 Å². The molecule has 0 spiro atoms. The highest BCUT2D eigenvalue weighted by atomic mass is 79.9. The zero-order valence-corrected chi connectivity index (χ0v) is 16.9. The molecular formula is C23H19BrN2O2. The predicted octanol–water partition coefficient (Wildman–Crippen LogP) is 5.21. The number of hydrogen-bond donors (Lipinski definition) is 1. The van der Waals surface area contributed by atoms with Crippen LogP contribution in [0.4, 0.5) is 0 Å². The van der Waals surface area contributed by atoms with E-state index in [4.69, 9.17) is 0 Å². The van der Waals surface area contributed by atoms with Crippen LogP contribution in [0.5, 0.6) is 0 Å². The number of benzene rings is 2. The van der Waals surface area contributed by atoms with E-state index in [-0.39, 0.29) is 17.7 Å². The molecule has 0 bridgehead atoms. The van der Waals surface area contributed by atoms with E-state index in [1.165, 1.54) is 0 Å². The number of pyridine rings is 1. The number of amides is 1. The zero-order chi connectivity index (χ0) is 19.7. The molecule has 0 unspecified atom stereocenters. The largest absolute Gasteiger partial charge is 0.503 e. The Kier molecular flexibility index (Phi) is 5.01. The molecule has 1 N–H and O–H groups in total. The van der Waals surface area contributed by atoms with Gasteiger partial charge in [0.05, 0.1) is 18.3 Å². The third-order valence-electron chi connectivity index (χ3n) is 4.91. The van der Waals surface area contributed by atoms with Gasteiger partial charge in [0, 0.05) is 16.2 Å². The standard InChI is InChI=1S/C23H19BrN2O2/c1-15-5-7-16(8-6-15)20-21(17-9-11-18(24)12-10-17)26(23(28)22(20)27)14-19-4-2-3-13-25-19/h2-13,21,27H,14H2,1H3/t21-/m1/s1. The molecule has 0 saturated carbocycles. The normalized spacial score (nSPS) is 16.7. The molecule has 5 heteroatoms. The number of carbonyl (C=O) groups excluding carboxylic acids is 1. The number of nitrogens with zero attached hydrogens (tertiary/aromatic N) is 2. The van der Waals surface area contributed by atoms with Crippen LogP contribution in [0.1, 0.15) is 28.4 Å². The van der Waals surface area contributed by atoms with Crippen molar-refractivity contribution in [3.63, 3.8) is 0 Å². The van der Waals surface area contributed by atoms with Crippen molar-refractivity contribution in [1.29, 1.82) is 0 Å². The number of rotatable bonds is 4. The average molecular weight is 435 g/mol. The predicted molar refractivity (Wildman–Crippen MR) is 112 cm³/mol. The van der Waals surface area contributed by atoms with E-state index >= 15 is 0 Å². The van der Waals surface area contributed by atoms with E-state index in [2.05, 4.69) is 20.9 Å². The minimum absolute atomic E-state index is 0.201. The van der Waals surface area contributed by atoms with Gasteiger partial charge in [0.25, 0.3) is 5.91 Å². The van der Waals surface area contributed by atoms with E-state index in [1.807, 2.05) is 73.7 Å². The molecule has 0 aliphatic carbocycles. The molecule has 2 heterocycles. The molecule has 4 rings (SSSR count). The Bertz CT molecular complexity index is 1030. The van der Waals surface area contributed by atoms with Gasteiger partial charge in [-0.3, -0.25) is 9.78 Å². The lowest BCUT2D eigenvalue weighted by Crippen LogP contribution is -2.30. The van der Waals surface area contributed by atoms with Crippen LogP contribution < -0.4 is 0 Å². The van der Waals surface area contributed by atoms with Crippen LogP contribution in [0, 0.1) is 6.92 Å². The van der Waals surface area contributed by atoms with Crippen molar-refractivity contribution in [3.05, 3.63) is 106 Å². The second kappa shape index (κ2) is 7.60. The van der Waals surface area contributed by atoms with Crippen molar-refractivity contribution in [3.8, 4) is 0 Å². The first-order chi connectivity index (χ1) is 13.5. The molecule has 1 aliphatic heterocycles. The minimum atomic E-state index is -0.384. The number of aryl methyl sites for hydroxylation is 1. The summed E-state index contributed by atoms with van der Waals surface area (Å²) in [7, 11) is 0. The van der Waals surface area contributed by atoms with Gasteiger partial charge in [0.1, 0.15) is 0 Å². The van der Waals surface area contributed by atoms with E-state index in [0.717, 1.165) is 26.9 Å². The zero-order valence-electron chi connectivity index (χ0n) is 15.3. The molecule has 28 heavy (non-hydrogen) atoms. The average Bonchev–Trinajstić information content (AvgIpc) is 2.95. The summed E-state index contributed by atoms with van der Waals surface area (Å²) >= 11 is 3.46. The maximum absolute atomic E-state index is 13.0. The summed E-state index contributed by atoms with van der Waals surface area (Å²) in [6.45, 7) is 2.33. The molecule has 1 amide bonds. The van der Waals surface area contributed by atoms with Gasteiger partial charge >= 0.3 is 0 Å². The molecule has 1 atom stereocenters. The SMILES string of the molecule is Cc1ccc(C2=C(O)C(=O)N(Cc3ccccn3)[C@@H]2c2ccc(Br)cc2)cc1. The van der Waals surface area contributed by atoms with Gasteiger partial charge in [-0.05, 0) is 42.3 Å². The summed E-state index contributed by atoms with van der Waals surface area (Å²) in [5, 5.41) is 10.8. The Morgan fingerprint density at radius 1 is 1.04 bits per heavy atom. The molecule has 1 aliphatic rings. The molecule has 1 aromatic heterocycles. The maximum Gasteiger partial charge on any atom is 0.290 e. The third kappa shape index (κ3) is 3.45. The number of aromatic nitrogens is 1. The monoisotopic (exact) mass is 434 g/mol. The van der Waals surface area contributed by atoms with Crippen LogP contribution in [0.2, 0.25) is 0 Å². The van der Waals surface area contributed by atoms with Crippen molar-refractivity contribution in [1.82, 2.24) is 9.88 Å². The topological polar surface area (TPSA) is 53.4 Å². The lowest BCUT2D eigenvalue weighted by Gasteiger charge is -2.27. The fraction of sp³-hybridized carbons (Fsp3) is 0.130. The summed E-state index contributed by atoms with van der Waals surface area (Å²) < 4.78 is 0.960. The quantitative estimate of drug-likeness (QED) is 0.613. The Hall–Kier alpha value is -2.92. The van der Waals surface area contributed by atoms with Gasteiger partial charge < -0.3 is 10.0 Å². The first-order valence-corrected chi connectivity index (χ1v) is 9.80. The van der Waals surface area contributed by atoms with Gasteiger partial charge in [0.2, 0.25) is 0 Å². The Labute approximate surface area is 172 Å². The summed E-state index contributed by atoms with van der Waals surface area (Å²) in [6.07, 6.45) is 1.71. The van der Waals surface area contributed by atoms with E-state index in [1.54, 1.807) is 11.1 Å². The van der Waals surface area contributed by atoms with Crippen molar-refractivity contribution in [2.75, 3.05) is 0 Å². The summed E-state index contributed by atoms with van der Waals surface area (Å²) in [5.41, 5.74) is 4.30. The molecule has 140 valence electrons. The summed E-state index contributed by atoms with van der Waals surface area (Å²) in [4.78, 5) is 19.0. The van der Waals surface area contributed by atoms with E-state index < -0.39 is 0 Å². The highest BCUT2D eigenvalue weighted by molar-refractivity contribution is 9.10. The number of aliphatic hydroxyl groups is 1. The Morgan fingerprint density at radius 2 is 1.75 bits per heavy atom. The lowest BCUT2D eigenvalue weighted by atomic mass is 9.93. The van der Waals surface area contributed by atoms with Gasteiger partial charge in [-0.1, -0.05) is 64.0 Å². The highest BCUT2D eigenvalue weighted by Gasteiger charge is 2.41. The van der Waals surface area contributed by atoms with Gasteiger partial charge in [0.15, 0.2) is 5.76 Å². The first kappa shape index (κ1) is 18.4. The van der Waals surface area contributed by atoms with Crippen LogP contribution in [0.25, 0.3) is 5.57 Å². The fourth-order valence-electron chi connectivity index (χ4n) is 3.50. The Balaban J connectivity index is 1.81. The molecule has 0 radical (unpaired) electrons. The number of halogens is 1. The first-order valence-electron chi connectivity index (χ1n) is 9.01. The van der Waals surface area contributed by atoms with E-state index in [9.17, 15) is 9.90 Å². The molecule has 0 fully saturated rings. The summed E-state index contributed by atoms with van der Waals surface area (Å²) in [6, 6.07) is 20.9. The minimum Gasteiger partial charge on any atom is -0.503 e. The van der Waals surface area contributed by atoms with Crippen molar-refractivity contribution < 1.29 is 9.90 Å². The smallest absolute Gasteiger partial charge is 0.290 e. The maximum atomic E-state index is 13.0. The van der Waals surface area contributed by atoms with Crippen LogP contribution in [0.15, 0.2) is 83.2 Å². The third-order valence-corrected chi connectivity index (χ3v) is 5.44. The molecule has 2 aromatic carbocycles. The van der Waals surface area contributed by atoms with Crippen LogP contribution in [-0.4, -0.2) is 20.9 Å². The number of hydrogen-bond acceptors (Lipinski definition) is 3. The van der Waals surface area contributed by atoms with Gasteiger partial charge in [-0.25, -0.2) is 0 Å². The van der Waals surface area contributed by atoms with Gasteiger partial charge in [-0.15, -0.1) is 0 Å². The lowest BCUT2D eigenvalue weighted by molar-refractivity contribution is -0.130. The number of aliphatic hydroxyl groups excluding tert-OH is 1. The van der Waals surface area contributed by atoms with Crippen LogP contribution in [0.3, 0.4) is 0 Å². The Morgan fingerprint density at radius 3 is 2.39 bits per heavy atom. The van der Waals surface area contributed by atoms with Crippen LogP contribution >= 0.6 is 15.9 Å².